The fraction of sp³-hybridized carbons (Fsp3) is 0.250. The smallest absolute Gasteiger partial charge is 0.326 e. The van der Waals surface area contributed by atoms with Crippen molar-refractivity contribution in [2.45, 2.75) is 18.9 Å². The number of hydrogen-bond acceptors (Lipinski definition) is 4. The molecule has 1 aromatic rings. The predicted molar refractivity (Wildman–Crippen MR) is 65.2 cm³/mol. The number of benzene rings is 1. The van der Waals surface area contributed by atoms with Crippen molar-refractivity contribution in [1.82, 2.24) is 5.32 Å². The van der Waals surface area contributed by atoms with E-state index < -0.39 is 30.2 Å². The molecule has 1 aromatic carbocycles. The van der Waals surface area contributed by atoms with Crippen molar-refractivity contribution < 1.29 is 24.6 Å². The van der Waals surface area contributed by atoms with Crippen LogP contribution in [-0.2, 0) is 20.8 Å². The van der Waals surface area contributed by atoms with Crippen LogP contribution in [0.15, 0.2) is 24.3 Å². The number of carboxylic acids is 1. The Kier molecular flexibility index (Phi) is 4.87. The third kappa shape index (κ3) is 5.07. The van der Waals surface area contributed by atoms with E-state index in [-0.39, 0.29) is 12.2 Å². The number of nitrogens with two attached hydrogens (primary N) is 1. The Morgan fingerprint density at radius 2 is 1.79 bits per heavy atom. The average Bonchev–Trinajstić information content (AvgIpc) is 2.30. The summed E-state index contributed by atoms with van der Waals surface area (Å²) in [6, 6.07) is 4.58. The van der Waals surface area contributed by atoms with Crippen LogP contribution < -0.4 is 11.1 Å². The number of amides is 2. The van der Waals surface area contributed by atoms with Gasteiger partial charge in [0, 0.05) is 0 Å². The van der Waals surface area contributed by atoms with Gasteiger partial charge in [-0.15, -0.1) is 0 Å². The first-order valence-electron chi connectivity index (χ1n) is 5.47. The fourth-order valence-corrected chi connectivity index (χ4v) is 1.45. The Hall–Kier alpha value is -2.57. The Morgan fingerprint density at radius 1 is 1.21 bits per heavy atom. The van der Waals surface area contributed by atoms with Gasteiger partial charge < -0.3 is 21.3 Å². The second-order valence-corrected chi connectivity index (χ2v) is 3.97. The van der Waals surface area contributed by atoms with Crippen LogP contribution in [0, 0.1) is 0 Å². The third-order valence-corrected chi connectivity index (χ3v) is 2.34. The van der Waals surface area contributed by atoms with Gasteiger partial charge in [0.1, 0.15) is 11.8 Å². The third-order valence-electron chi connectivity index (χ3n) is 2.34. The lowest BCUT2D eigenvalue weighted by Crippen LogP contribution is -2.43. The van der Waals surface area contributed by atoms with Crippen LogP contribution in [0.1, 0.15) is 12.0 Å². The van der Waals surface area contributed by atoms with Gasteiger partial charge >= 0.3 is 5.97 Å². The zero-order chi connectivity index (χ0) is 14.4. The quantitative estimate of drug-likeness (QED) is 0.545. The number of rotatable bonds is 6. The topological polar surface area (TPSA) is 130 Å². The molecule has 1 rings (SSSR count). The number of phenols is 1. The van der Waals surface area contributed by atoms with Crippen LogP contribution >= 0.6 is 0 Å². The maximum Gasteiger partial charge on any atom is 0.326 e. The molecule has 0 heterocycles. The van der Waals surface area contributed by atoms with Gasteiger partial charge in [-0.25, -0.2) is 4.79 Å². The van der Waals surface area contributed by atoms with Gasteiger partial charge in [0.2, 0.25) is 11.8 Å². The molecule has 0 spiro atoms. The first kappa shape index (κ1) is 14.5. The second-order valence-electron chi connectivity index (χ2n) is 3.97. The molecule has 0 radical (unpaired) electrons. The lowest BCUT2D eigenvalue weighted by atomic mass is 10.1. The minimum atomic E-state index is -1.33. The van der Waals surface area contributed by atoms with Crippen LogP contribution in [0.5, 0.6) is 5.75 Å². The summed E-state index contributed by atoms with van der Waals surface area (Å²) in [4.78, 5) is 33.1. The van der Waals surface area contributed by atoms with Crippen molar-refractivity contribution in [3.63, 3.8) is 0 Å². The maximum atomic E-state index is 11.6. The van der Waals surface area contributed by atoms with Crippen molar-refractivity contribution in [1.29, 1.82) is 0 Å². The number of carbonyl (C=O) groups is 3. The number of phenolic OH excluding ortho intramolecular Hbond substituents is 1. The first-order chi connectivity index (χ1) is 8.88. The number of carbonyl (C=O) groups excluding carboxylic acids is 2. The Bertz CT molecular complexity index is 483. The highest BCUT2D eigenvalue weighted by Crippen LogP contribution is 2.10. The molecule has 1 atom stereocenters. The van der Waals surface area contributed by atoms with E-state index in [1.807, 2.05) is 0 Å². The molecule has 0 saturated carbocycles. The molecule has 0 bridgehead atoms. The summed E-state index contributed by atoms with van der Waals surface area (Å²) in [7, 11) is 0. The molecule has 7 nitrogen and oxygen atoms in total. The van der Waals surface area contributed by atoms with Gasteiger partial charge in [-0.05, 0) is 17.7 Å². The van der Waals surface area contributed by atoms with Gasteiger partial charge in [0.25, 0.3) is 0 Å². The lowest BCUT2D eigenvalue weighted by Gasteiger charge is -2.12. The van der Waals surface area contributed by atoms with Crippen LogP contribution in [0.4, 0.5) is 0 Å². The molecule has 2 amide bonds. The molecule has 102 valence electrons. The van der Waals surface area contributed by atoms with Crippen LogP contribution in [-0.4, -0.2) is 34.0 Å². The van der Waals surface area contributed by atoms with Gasteiger partial charge in [0.05, 0.1) is 12.8 Å². The monoisotopic (exact) mass is 266 g/mol. The van der Waals surface area contributed by atoms with E-state index in [2.05, 4.69) is 5.32 Å². The van der Waals surface area contributed by atoms with Gasteiger partial charge in [-0.2, -0.15) is 0 Å². The fourth-order valence-electron chi connectivity index (χ4n) is 1.45. The molecule has 0 aliphatic heterocycles. The number of aromatic hydroxyl groups is 1. The van der Waals surface area contributed by atoms with Crippen molar-refractivity contribution in [2.24, 2.45) is 5.73 Å². The lowest BCUT2D eigenvalue weighted by molar-refractivity contribution is -0.143. The molecule has 0 saturated heterocycles. The predicted octanol–water partition coefficient (Wildman–Crippen LogP) is -0.621. The van der Waals surface area contributed by atoms with E-state index >= 15 is 0 Å². The highest BCUT2D eigenvalue weighted by Gasteiger charge is 2.21. The van der Waals surface area contributed by atoms with E-state index in [9.17, 15) is 14.4 Å². The summed E-state index contributed by atoms with van der Waals surface area (Å²) >= 11 is 0. The van der Waals surface area contributed by atoms with Crippen LogP contribution in [0.2, 0.25) is 0 Å². The van der Waals surface area contributed by atoms with Gasteiger partial charge in [-0.3, -0.25) is 9.59 Å². The molecule has 0 aliphatic rings. The molecule has 0 unspecified atom stereocenters. The minimum absolute atomic E-state index is 0.0528. The summed E-state index contributed by atoms with van der Waals surface area (Å²) in [5.74, 6) is -2.60. The van der Waals surface area contributed by atoms with E-state index in [4.69, 9.17) is 15.9 Å². The van der Waals surface area contributed by atoms with Crippen molar-refractivity contribution in [3.05, 3.63) is 29.8 Å². The van der Waals surface area contributed by atoms with Gasteiger partial charge in [-0.1, -0.05) is 12.1 Å². The van der Waals surface area contributed by atoms with E-state index in [1.165, 1.54) is 12.1 Å². The number of nitrogens with one attached hydrogen (secondary N) is 1. The standard InChI is InChI=1S/C12H14N2O5/c13-10(16)6-9(12(18)19)14-11(17)5-7-1-3-8(15)4-2-7/h1-4,9,15H,5-6H2,(H2,13,16)(H,14,17)(H,18,19)/t9-/m1/s1. The summed E-state index contributed by atoms with van der Waals surface area (Å²) < 4.78 is 0. The number of hydrogen-bond donors (Lipinski definition) is 4. The number of carboxylic acid groups (broad SMARTS) is 1. The summed E-state index contributed by atoms with van der Waals surface area (Å²) in [5, 5.41) is 20.1. The number of aliphatic carboxylic acids is 1. The Balaban J connectivity index is 2.59. The molecule has 7 heteroatoms. The average molecular weight is 266 g/mol. The highest BCUT2D eigenvalue weighted by atomic mass is 16.4. The molecule has 19 heavy (non-hydrogen) atoms. The minimum Gasteiger partial charge on any atom is -0.508 e. The molecular formula is C12H14N2O5. The highest BCUT2D eigenvalue weighted by molar-refractivity contribution is 5.88. The van der Waals surface area contributed by atoms with Crippen molar-refractivity contribution >= 4 is 17.8 Å². The number of primary amides is 1. The largest absolute Gasteiger partial charge is 0.508 e. The first-order valence-corrected chi connectivity index (χ1v) is 5.47. The molecule has 0 aliphatic carbocycles. The molecule has 0 aromatic heterocycles. The summed E-state index contributed by atoms with van der Waals surface area (Å²) in [6.07, 6.45) is -0.514. The van der Waals surface area contributed by atoms with Crippen LogP contribution in [0.3, 0.4) is 0 Å². The van der Waals surface area contributed by atoms with E-state index in [0.29, 0.717) is 5.56 Å². The molecule has 0 fully saturated rings. The van der Waals surface area contributed by atoms with Crippen molar-refractivity contribution in [2.75, 3.05) is 0 Å². The summed E-state index contributed by atoms with van der Waals surface area (Å²) in [6.45, 7) is 0. The van der Waals surface area contributed by atoms with Crippen molar-refractivity contribution in [3.8, 4) is 5.75 Å². The second kappa shape index (κ2) is 6.39. The zero-order valence-corrected chi connectivity index (χ0v) is 10.00. The Morgan fingerprint density at radius 3 is 2.26 bits per heavy atom. The van der Waals surface area contributed by atoms with E-state index in [0.717, 1.165) is 0 Å². The molecular weight excluding hydrogens is 252 g/mol. The van der Waals surface area contributed by atoms with Gasteiger partial charge in [0.15, 0.2) is 0 Å². The zero-order valence-electron chi connectivity index (χ0n) is 10.00. The normalized spacial score (nSPS) is 11.6. The van der Waals surface area contributed by atoms with E-state index in [1.54, 1.807) is 12.1 Å². The Labute approximate surface area is 109 Å². The SMILES string of the molecule is NC(=O)C[C@@H](NC(=O)Cc1ccc(O)cc1)C(=O)O. The molecule has 5 N–H and O–H groups in total. The summed E-state index contributed by atoms with van der Waals surface area (Å²) in [5.41, 5.74) is 5.50. The van der Waals surface area contributed by atoms with Crippen LogP contribution in [0.25, 0.3) is 0 Å². The maximum absolute atomic E-state index is 11.6.